The lowest BCUT2D eigenvalue weighted by Crippen LogP contribution is -2.45. The van der Waals surface area contributed by atoms with Gasteiger partial charge in [0.25, 0.3) is 0 Å². The van der Waals surface area contributed by atoms with E-state index in [1.165, 1.54) is 0 Å². The van der Waals surface area contributed by atoms with E-state index >= 15 is 0 Å². The number of hydrogen-bond donors (Lipinski definition) is 3. The van der Waals surface area contributed by atoms with Gasteiger partial charge < -0.3 is 20.4 Å². The Labute approximate surface area is 203 Å². The third-order valence-electron chi connectivity index (χ3n) is 6.24. The summed E-state index contributed by atoms with van der Waals surface area (Å²) in [5, 5.41) is 19.7. The first-order valence-corrected chi connectivity index (χ1v) is 11.7. The standard InChI is InChI=1S/C24H20BrN7O2/c25-17-10-15(14-2-1-3-18-16(14)12-28-31-18)21(26)20-22(17)29-23(30-24(20)33)13-4-5-19(27-11-13)32-6-8-34-9-7-32/h1-5,10-12,20,26H,6-9H2,(H,28,31)(H,29,30,33). The lowest BCUT2D eigenvalue weighted by Gasteiger charge is -2.30. The molecule has 2 aliphatic heterocycles. The average Bonchev–Trinajstić information content (AvgIpc) is 3.36. The number of benzene rings is 1. The summed E-state index contributed by atoms with van der Waals surface area (Å²) in [6.07, 6.45) is 5.31. The second kappa shape index (κ2) is 8.30. The van der Waals surface area contributed by atoms with E-state index in [0.717, 1.165) is 35.4 Å². The number of halogens is 1. The maximum Gasteiger partial charge on any atom is 0.240 e. The lowest BCUT2D eigenvalue weighted by molar-refractivity contribution is -0.121. The van der Waals surface area contributed by atoms with E-state index in [2.05, 4.69) is 41.3 Å². The Kier molecular flexibility index (Phi) is 5.11. The molecule has 1 amide bonds. The molecule has 4 heterocycles. The van der Waals surface area contributed by atoms with E-state index in [-0.39, 0.29) is 11.6 Å². The quantitative estimate of drug-likeness (QED) is 0.493. The number of pyridine rings is 1. The van der Waals surface area contributed by atoms with E-state index in [1.54, 1.807) is 12.4 Å². The molecule has 1 aromatic carbocycles. The molecule has 3 aromatic rings. The summed E-state index contributed by atoms with van der Waals surface area (Å²) in [6, 6.07) is 9.60. The largest absolute Gasteiger partial charge is 0.378 e. The summed E-state index contributed by atoms with van der Waals surface area (Å²) < 4.78 is 6.08. The van der Waals surface area contributed by atoms with Crippen molar-refractivity contribution in [3.05, 3.63) is 70.1 Å². The smallest absolute Gasteiger partial charge is 0.240 e. The number of H-pyrrole nitrogens is 1. The molecule has 0 radical (unpaired) electrons. The fourth-order valence-electron chi connectivity index (χ4n) is 4.49. The number of morpholine rings is 1. The Morgan fingerprint density at radius 3 is 2.79 bits per heavy atom. The van der Waals surface area contributed by atoms with Gasteiger partial charge in [-0.05, 0) is 45.8 Å². The molecule has 2 aromatic heterocycles. The number of allylic oxidation sites excluding steroid dienone is 3. The number of nitrogens with zero attached hydrogens (tertiary/aromatic N) is 4. The number of fused-ring (bicyclic) bond motifs is 2. The number of aliphatic imine (C=N–C) groups is 1. The molecular weight excluding hydrogens is 498 g/mol. The molecule has 1 atom stereocenters. The maximum absolute atomic E-state index is 13.2. The first kappa shape index (κ1) is 20.9. The van der Waals surface area contributed by atoms with Gasteiger partial charge >= 0.3 is 0 Å². The fraction of sp³-hybridized carbons (Fsp3) is 0.208. The molecule has 3 aliphatic rings. The zero-order valence-electron chi connectivity index (χ0n) is 18.0. The van der Waals surface area contributed by atoms with Crippen molar-refractivity contribution in [2.45, 2.75) is 0 Å². The predicted octanol–water partition coefficient (Wildman–Crippen LogP) is 3.01. The Hall–Kier alpha value is -3.63. The number of aromatic amines is 1. The minimum absolute atomic E-state index is 0.202. The topological polar surface area (TPSA) is 119 Å². The lowest BCUT2D eigenvalue weighted by atomic mass is 9.83. The third-order valence-corrected chi connectivity index (χ3v) is 6.87. The molecule has 34 heavy (non-hydrogen) atoms. The Morgan fingerprint density at radius 2 is 2.00 bits per heavy atom. The molecular formula is C24H20BrN7O2. The zero-order valence-corrected chi connectivity index (χ0v) is 19.6. The van der Waals surface area contributed by atoms with Crippen molar-refractivity contribution < 1.29 is 9.53 Å². The first-order valence-electron chi connectivity index (χ1n) is 10.9. The van der Waals surface area contributed by atoms with Gasteiger partial charge in [-0.1, -0.05) is 12.1 Å². The Morgan fingerprint density at radius 1 is 1.15 bits per heavy atom. The molecule has 3 N–H and O–H groups in total. The minimum atomic E-state index is -0.805. The van der Waals surface area contributed by atoms with Crippen LogP contribution in [0.1, 0.15) is 11.1 Å². The molecule has 0 saturated carbocycles. The zero-order chi connectivity index (χ0) is 23.2. The van der Waals surface area contributed by atoms with Crippen molar-refractivity contribution in [1.29, 1.82) is 5.41 Å². The molecule has 1 aliphatic carbocycles. The van der Waals surface area contributed by atoms with Crippen molar-refractivity contribution >= 4 is 55.7 Å². The summed E-state index contributed by atoms with van der Waals surface area (Å²) in [5.41, 5.74) is 3.81. The fourth-order valence-corrected chi connectivity index (χ4v) is 5.03. The summed E-state index contributed by atoms with van der Waals surface area (Å²) in [5.74, 6) is 0.203. The van der Waals surface area contributed by atoms with Crippen LogP contribution in [0.4, 0.5) is 5.82 Å². The highest BCUT2D eigenvalue weighted by molar-refractivity contribution is 9.11. The molecule has 170 valence electrons. The highest BCUT2D eigenvalue weighted by atomic mass is 79.9. The molecule has 1 fully saturated rings. The van der Waals surface area contributed by atoms with Gasteiger partial charge in [-0.3, -0.25) is 9.89 Å². The number of amides is 1. The van der Waals surface area contributed by atoms with Gasteiger partial charge in [-0.25, -0.2) is 9.98 Å². The van der Waals surface area contributed by atoms with Gasteiger partial charge in [0.2, 0.25) is 5.91 Å². The van der Waals surface area contributed by atoms with Crippen LogP contribution in [-0.4, -0.2) is 58.9 Å². The second-order valence-electron chi connectivity index (χ2n) is 8.23. The number of hydrogen-bond acceptors (Lipinski definition) is 7. The molecule has 6 rings (SSSR count). The SMILES string of the molecule is N=C1C(c2cccc3[nH]ncc23)=CC(Br)=C2N=C(c3ccc(N4CCOCC4)nc3)NC(=O)C12. The van der Waals surface area contributed by atoms with Gasteiger partial charge in [0.1, 0.15) is 17.6 Å². The number of carbonyl (C=O) groups is 1. The van der Waals surface area contributed by atoms with Crippen molar-refractivity contribution in [1.82, 2.24) is 20.5 Å². The van der Waals surface area contributed by atoms with Crippen molar-refractivity contribution in [2.75, 3.05) is 31.2 Å². The molecule has 1 unspecified atom stereocenters. The van der Waals surface area contributed by atoms with Crippen molar-refractivity contribution in [2.24, 2.45) is 10.9 Å². The number of carbonyl (C=O) groups excluding carboxylic acids is 1. The average molecular weight is 518 g/mol. The van der Waals surface area contributed by atoms with Crippen LogP contribution in [-0.2, 0) is 9.53 Å². The molecule has 10 heteroatoms. The molecule has 9 nitrogen and oxygen atoms in total. The third kappa shape index (κ3) is 3.46. The minimum Gasteiger partial charge on any atom is -0.378 e. The predicted molar refractivity (Wildman–Crippen MR) is 133 cm³/mol. The van der Waals surface area contributed by atoms with Crippen LogP contribution >= 0.6 is 15.9 Å². The van der Waals surface area contributed by atoms with Gasteiger partial charge in [0, 0.05) is 40.3 Å². The van der Waals surface area contributed by atoms with Crippen molar-refractivity contribution in [3.63, 3.8) is 0 Å². The van der Waals surface area contributed by atoms with E-state index < -0.39 is 5.92 Å². The summed E-state index contributed by atoms with van der Waals surface area (Å²) >= 11 is 3.60. The summed E-state index contributed by atoms with van der Waals surface area (Å²) in [6.45, 7) is 2.97. The van der Waals surface area contributed by atoms with Crippen LogP contribution in [0, 0.1) is 11.3 Å². The Balaban J connectivity index is 1.36. The van der Waals surface area contributed by atoms with Crippen LogP contribution < -0.4 is 10.2 Å². The van der Waals surface area contributed by atoms with Crippen molar-refractivity contribution in [3.8, 4) is 0 Å². The van der Waals surface area contributed by atoms with Crippen LogP contribution in [0.15, 0.2) is 64.0 Å². The van der Waals surface area contributed by atoms with Gasteiger partial charge in [-0.2, -0.15) is 5.10 Å². The molecule has 0 bridgehead atoms. The first-order chi connectivity index (χ1) is 16.6. The highest BCUT2D eigenvalue weighted by Crippen LogP contribution is 2.39. The number of aromatic nitrogens is 3. The van der Waals surface area contributed by atoms with E-state index in [1.807, 2.05) is 36.4 Å². The van der Waals surface area contributed by atoms with Gasteiger partial charge in [-0.15, -0.1) is 0 Å². The number of nitrogens with one attached hydrogen (secondary N) is 3. The van der Waals surface area contributed by atoms with Gasteiger partial charge in [0.15, 0.2) is 0 Å². The Bertz CT molecular complexity index is 1410. The second-order valence-corrected chi connectivity index (χ2v) is 9.08. The number of amidine groups is 1. The highest BCUT2D eigenvalue weighted by Gasteiger charge is 2.38. The monoisotopic (exact) mass is 517 g/mol. The van der Waals surface area contributed by atoms with Gasteiger partial charge in [0.05, 0.1) is 36.3 Å². The molecule has 0 spiro atoms. The maximum atomic E-state index is 13.2. The summed E-state index contributed by atoms with van der Waals surface area (Å²) in [7, 11) is 0. The van der Waals surface area contributed by atoms with Crippen LogP contribution in [0.25, 0.3) is 16.5 Å². The van der Waals surface area contributed by atoms with Crippen LogP contribution in [0.3, 0.4) is 0 Å². The molecule has 1 saturated heterocycles. The van der Waals surface area contributed by atoms with Crippen LogP contribution in [0.2, 0.25) is 0 Å². The van der Waals surface area contributed by atoms with E-state index in [4.69, 9.17) is 15.1 Å². The van der Waals surface area contributed by atoms with Crippen LogP contribution in [0.5, 0.6) is 0 Å². The van der Waals surface area contributed by atoms with E-state index in [0.29, 0.717) is 40.4 Å². The normalized spacial score (nSPS) is 20.7. The number of anilines is 1. The summed E-state index contributed by atoms with van der Waals surface area (Å²) in [4.78, 5) is 24.6. The number of ether oxygens (including phenoxy) is 1. The number of rotatable bonds is 3. The van der Waals surface area contributed by atoms with E-state index in [9.17, 15) is 4.79 Å².